The van der Waals surface area contributed by atoms with Crippen LogP contribution in [0.1, 0.15) is 62.0 Å². The van der Waals surface area contributed by atoms with Crippen LogP contribution < -0.4 is 5.32 Å². The summed E-state index contributed by atoms with van der Waals surface area (Å²) >= 11 is 0. The highest BCUT2D eigenvalue weighted by molar-refractivity contribution is 5.95. The summed E-state index contributed by atoms with van der Waals surface area (Å²) in [5.74, 6) is -2.52. The Morgan fingerprint density at radius 2 is 1.75 bits per heavy atom. The second kappa shape index (κ2) is 7.85. The molecule has 24 heavy (non-hydrogen) atoms. The number of aromatic carboxylic acids is 1. The molecule has 0 spiro atoms. The minimum atomic E-state index is -1.24. The van der Waals surface area contributed by atoms with Crippen LogP contribution in [0, 0.1) is 5.92 Å². The van der Waals surface area contributed by atoms with Crippen LogP contribution in [0.3, 0.4) is 0 Å². The molecule has 0 saturated heterocycles. The van der Waals surface area contributed by atoms with Crippen LogP contribution in [-0.4, -0.2) is 44.6 Å². The Balaban J connectivity index is 2.91. The quantitative estimate of drug-likeness (QED) is 0.758. The van der Waals surface area contributed by atoms with Crippen molar-refractivity contribution in [1.82, 2.24) is 15.3 Å². The fraction of sp³-hybridized carbons (Fsp3) is 0.562. The molecule has 0 aliphatic carbocycles. The Morgan fingerprint density at radius 1 is 1.21 bits per heavy atom. The number of carboxylic acid groups (broad SMARTS) is 1. The van der Waals surface area contributed by atoms with Gasteiger partial charge in [0.1, 0.15) is 17.3 Å². The molecule has 0 bridgehead atoms. The third kappa shape index (κ3) is 5.60. The van der Waals surface area contributed by atoms with Crippen LogP contribution in [0.5, 0.6) is 0 Å². The maximum absolute atomic E-state index is 12.3. The lowest BCUT2D eigenvalue weighted by atomic mass is 9.98. The number of carbonyl (C=O) groups excluding carboxylic acids is 2. The van der Waals surface area contributed by atoms with Gasteiger partial charge in [-0.1, -0.05) is 20.3 Å². The van der Waals surface area contributed by atoms with Gasteiger partial charge < -0.3 is 15.2 Å². The van der Waals surface area contributed by atoms with E-state index in [9.17, 15) is 14.4 Å². The van der Waals surface area contributed by atoms with E-state index in [1.807, 2.05) is 13.8 Å². The van der Waals surface area contributed by atoms with Gasteiger partial charge >= 0.3 is 11.9 Å². The summed E-state index contributed by atoms with van der Waals surface area (Å²) in [6, 6.07) is -0.831. The van der Waals surface area contributed by atoms with Gasteiger partial charge in [-0.2, -0.15) is 0 Å². The molecule has 1 aromatic rings. The van der Waals surface area contributed by atoms with Crippen molar-refractivity contribution >= 4 is 17.8 Å². The highest BCUT2D eigenvalue weighted by Gasteiger charge is 2.31. The van der Waals surface area contributed by atoms with Gasteiger partial charge in [-0.25, -0.2) is 19.6 Å². The second-order valence-corrected chi connectivity index (χ2v) is 6.46. The van der Waals surface area contributed by atoms with Crippen molar-refractivity contribution in [1.29, 1.82) is 0 Å². The van der Waals surface area contributed by atoms with E-state index in [0.717, 1.165) is 12.4 Å². The Kier molecular flexibility index (Phi) is 6.39. The van der Waals surface area contributed by atoms with Crippen molar-refractivity contribution in [2.45, 2.75) is 52.7 Å². The first-order valence-corrected chi connectivity index (χ1v) is 7.64. The van der Waals surface area contributed by atoms with E-state index in [1.54, 1.807) is 20.8 Å². The molecule has 2 N–H and O–H groups in total. The predicted octanol–water partition coefficient (Wildman–Crippen LogP) is 1.66. The number of ether oxygens (including phenoxy) is 1. The van der Waals surface area contributed by atoms with Crippen LogP contribution in [-0.2, 0) is 9.53 Å². The molecule has 0 radical (unpaired) electrons. The number of rotatable bonds is 6. The monoisotopic (exact) mass is 337 g/mol. The van der Waals surface area contributed by atoms with Gasteiger partial charge in [-0.05, 0) is 26.7 Å². The molecule has 0 aliphatic rings. The molecule has 2 atom stereocenters. The van der Waals surface area contributed by atoms with Gasteiger partial charge in [0.15, 0.2) is 5.69 Å². The number of hydrogen-bond donors (Lipinski definition) is 2. The number of esters is 1. The van der Waals surface area contributed by atoms with Crippen molar-refractivity contribution in [2.75, 3.05) is 0 Å². The summed E-state index contributed by atoms with van der Waals surface area (Å²) in [5, 5.41) is 11.4. The van der Waals surface area contributed by atoms with Crippen molar-refractivity contribution in [3.8, 4) is 0 Å². The number of hydrogen-bond acceptors (Lipinski definition) is 6. The molecule has 8 nitrogen and oxygen atoms in total. The number of carbonyl (C=O) groups is 3. The number of carboxylic acids is 1. The zero-order valence-corrected chi connectivity index (χ0v) is 14.5. The first-order chi connectivity index (χ1) is 11.0. The third-order valence-corrected chi connectivity index (χ3v) is 3.26. The lowest BCUT2D eigenvalue weighted by molar-refractivity contribution is -0.158. The summed E-state index contributed by atoms with van der Waals surface area (Å²) < 4.78 is 5.34. The molecule has 0 aliphatic heterocycles. The van der Waals surface area contributed by atoms with Crippen LogP contribution >= 0.6 is 0 Å². The van der Waals surface area contributed by atoms with Gasteiger partial charge in [0.25, 0.3) is 5.91 Å². The van der Waals surface area contributed by atoms with E-state index in [4.69, 9.17) is 9.84 Å². The number of nitrogens with zero attached hydrogens (tertiary/aromatic N) is 2. The Morgan fingerprint density at radius 3 is 2.17 bits per heavy atom. The summed E-state index contributed by atoms with van der Waals surface area (Å²) in [5.41, 5.74) is -1.01. The zero-order valence-electron chi connectivity index (χ0n) is 14.5. The number of nitrogens with one attached hydrogen (secondary N) is 1. The fourth-order valence-corrected chi connectivity index (χ4v) is 1.81. The van der Waals surface area contributed by atoms with E-state index < -0.39 is 29.5 Å². The summed E-state index contributed by atoms with van der Waals surface area (Å²) in [6.07, 6.45) is 2.71. The molecule has 132 valence electrons. The van der Waals surface area contributed by atoms with Crippen LogP contribution in [0.2, 0.25) is 0 Å². The van der Waals surface area contributed by atoms with Crippen molar-refractivity contribution in [3.63, 3.8) is 0 Å². The van der Waals surface area contributed by atoms with Gasteiger partial charge in [0, 0.05) is 0 Å². The fourth-order valence-electron chi connectivity index (χ4n) is 1.81. The normalized spacial score (nSPS) is 13.7. The SMILES string of the molecule is CC[C@H](C)[C@H](NC(=O)c1cnc(C(=O)O)cn1)C(=O)OC(C)(C)C. The van der Waals surface area contributed by atoms with E-state index in [2.05, 4.69) is 15.3 Å². The highest BCUT2D eigenvalue weighted by atomic mass is 16.6. The standard InChI is InChI=1S/C16H23N3O5/c1-6-9(2)12(15(23)24-16(3,4)5)19-13(20)10-7-18-11(8-17-10)14(21)22/h7-9,12H,6H2,1-5H3,(H,19,20)(H,21,22)/t9-,12-/m0/s1. The van der Waals surface area contributed by atoms with Crippen molar-refractivity contribution in [2.24, 2.45) is 5.92 Å². The van der Waals surface area contributed by atoms with Gasteiger partial charge in [0.2, 0.25) is 0 Å². The largest absolute Gasteiger partial charge is 0.476 e. The average Bonchev–Trinajstić information content (AvgIpc) is 2.49. The minimum absolute atomic E-state index is 0.0724. The first kappa shape index (κ1) is 19.5. The molecule has 0 unspecified atom stereocenters. The molecule has 1 amide bonds. The highest BCUT2D eigenvalue weighted by Crippen LogP contribution is 2.15. The molecule has 0 fully saturated rings. The Hall–Kier alpha value is -2.51. The maximum atomic E-state index is 12.3. The van der Waals surface area contributed by atoms with E-state index in [0.29, 0.717) is 6.42 Å². The molecule has 1 rings (SSSR count). The Bertz CT molecular complexity index is 607. The van der Waals surface area contributed by atoms with Gasteiger partial charge in [-0.15, -0.1) is 0 Å². The molecule has 0 aromatic carbocycles. The average molecular weight is 337 g/mol. The summed E-state index contributed by atoms with van der Waals surface area (Å²) in [4.78, 5) is 42.7. The second-order valence-electron chi connectivity index (χ2n) is 6.46. The molecule has 0 saturated carbocycles. The lowest BCUT2D eigenvalue weighted by Crippen LogP contribution is -2.48. The summed E-state index contributed by atoms with van der Waals surface area (Å²) in [6.45, 7) is 8.97. The third-order valence-electron chi connectivity index (χ3n) is 3.26. The molecule has 1 heterocycles. The zero-order chi connectivity index (χ0) is 18.5. The smallest absolute Gasteiger partial charge is 0.356 e. The molecular formula is C16H23N3O5. The van der Waals surface area contributed by atoms with Crippen LogP contribution in [0.4, 0.5) is 0 Å². The van der Waals surface area contributed by atoms with E-state index in [1.165, 1.54) is 0 Å². The molecular weight excluding hydrogens is 314 g/mol. The minimum Gasteiger partial charge on any atom is -0.476 e. The van der Waals surface area contributed by atoms with Gasteiger partial charge in [0.05, 0.1) is 12.4 Å². The van der Waals surface area contributed by atoms with Crippen molar-refractivity contribution in [3.05, 3.63) is 23.8 Å². The Labute approximate surface area is 140 Å². The van der Waals surface area contributed by atoms with Gasteiger partial charge in [-0.3, -0.25) is 4.79 Å². The van der Waals surface area contributed by atoms with Crippen LogP contribution in [0.15, 0.2) is 12.4 Å². The lowest BCUT2D eigenvalue weighted by Gasteiger charge is -2.27. The number of aromatic nitrogens is 2. The molecule has 1 aromatic heterocycles. The predicted molar refractivity (Wildman–Crippen MR) is 85.5 cm³/mol. The number of amides is 1. The maximum Gasteiger partial charge on any atom is 0.356 e. The van der Waals surface area contributed by atoms with Crippen LogP contribution in [0.25, 0.3) is 0 Å². The van der Waals surface area contributed by atoms with Crippen molar-refractivity contribution < 1.29 is 24.2 Å². The first-order valence-electron chi connectivity index (χ1n) is 7.64. The summed E-state index contributed by atoms with van der Waals surface area (Å²) in [7, 11) is 0. The topological polar surface area (TPSA) is 118 Å². The van der Waals surface area contributed by atoms with E-state index >= 15 is 0 Å². The van der Waals surface area contributed by atoms with E-state index in [-0.39, 0.29) is 17.3 Å². The molecule has 8 heteroatoms.